The summed E-state index contributed by atoms with van der Waals surface area (Å²) < 4.78 is 75.5. The second-order valence-electron chi connectivity index (χ2n) is 9.23. The Morgan fingerprint density at radius 2 is 1.82 bits per heavy atom. The lowest BCUT2D eigenvalue weighted by Crippen LogP contribution is -2.39. The van der Waals surface area contributed by atoms with Gasteiger partial charge in [-0.15, -0.1) is 0 Å². The first-order valence-electron chi connectivity index (χ1n) is 11.3. The lowest BCUT2D eigenvalue weighted by molar-refractivity contribution is -0.141. The van der Waals surface area contributed by atoms with Gasteiger partial charge in [0.2, 0.25) is 5.92 Å². The Balaban J connectivity index is 1.70. The van der Waals surface area contributed by atoms with Crippen molar-refractivity contribution < 1.29 is 31.5 Å². The van der Waals surface area contributed by atoms with Gasteiger partial charge in [0.25, 0.3) is 5.91 Å². The van der Waals surface area contributed by atoms with Crippen LogP contribution < -0.4 is 5.32 Å². The van der Waals surface area contributed by atoms with Crippen LogP contribution in [-0.2, 0) is 17.3 Å². The topological polar surface area (TPSA) is 55.6 Å². The van der Waals surface area contributed by atoms with Crippen LogP contribution in [-0.4, -0.2) is 40.5 Å². The SMILES string of the molecule is Cc1c(C(=O)NC2CCOCC2)cc2nc(C(F)(F)F)c(CC3CCC(F)(F)CC3)n2c1C. The van der Waals surface area contributed by atoms with Gasteiger partial charge in [-0.1, -0.05) is 0 Å². The summed E-state index contributed by atoms with van der Waals surface area (Å²) in [5.74, 6) is -3.37. The van der Waals surface area contributed by atoms with Crippen molar-refractivity contribution in [3.8, 4) is 0 Å². The molecule has 1 saturated carbocycles. The molecule has 0 radical (unpaired) electrons. The molecule has 2 aliphatic rings. The fourth-order valence-corrected chi connectivity index (χ4v) is 4.88. The lowest BCUT2D eigenvalue weighted by Gasteiger charge is -2.28. The van der Waals surface area contributed by atoms with Gasteiger partial charge in [-0.2, -0.15) is 13.2 Å². The molecule has 4 rings (SSSR count). The van der Waals surface area contributed by atoms with Crippen molar-refractivity contribution in [2.45, 2.75) is 76.9 Å². The molecule has 0 bridgehead atoms. The Hall–Kier alpha value is -2.23. The van der Waals surface area contributed by atoms with Crippen LogP contribution in [0.4, 0.5) is 22.0 Å². The van der Waals surface area contributed by atoms with Crippen LogP contribution >= 0.6 is 0 Å². The highest BCUT2D eigenvalue weighted by atomic mass is 19.4. The summed E-state index contributed by atoms with van der Waals surface area (Å²) in [5, 5.41) is 2.94. The maximum Gasteiger partial charge on any atom is 0.435 e. The molecule has 1 aliphatic heterocycles. The maximum absolute atomic E-state index is 13.9. The summed E-state index contributed by atoms with van der Waals surface area (Å²) in [7, 11) is 0. The first kappa shape index (κ1) is 23.9. The van der Waals surface area contributed by atoms with Crippen LogP contribution in [0.3, 0.4) is 0 Å². The summed E-state index contributed by atoms with van der Waals surface area (Å²) in [6, 6.07) is 1.35. The fourth-order valence-electron chi connectivity index (χ4n) is 4.88. The van der Waals surface area contributed by atoms with Crippen molar-refractivity contribution in [2.24, 2.45) is 5.92 Å². The summed E-state index contributed by atoms with van der Waals surface area (Å²) >= 11 is 0. The highest BCUT2D eigenvalue weighted by Gasteiger charge is 2.41. The number of rotatable bonds is 4. The molecule has 0 spiro atoms. The number of nitrogens with one attached hydrogen (secondary N) is 1. The van der Waals surface area contributed by atoms with Gasteiger partial charge in [-0.25, -0.2) is 13.8 Å². The molecule has 1 aliphatic carbocycles. The molecule has 1 amide bonds. The number of amides is 1. The Morgan fingerprint density at radius 1 is 1.18 bits per heavy atom. The van der Waals surface area contributed by atoms with E-state index < -0.39 is 17.8 Å². The molecule has 0 aromatic carbocycles. The van der Waals surface area contributed by atoms with E-state index in [0.29, 0.717) is 37.3 Å². The van der Waals surface area contributed by atoms with Crippen molar-refractivity contribution in [1.29, 1.82) is 0 Å². The second kappa shape index (κ2) is 8.85. The van der Waals surface area contributed by atoms with Crippen molar-refractivity contribution >= 4 is 11.6 Å². The number of alkyl halides is 5. The number of pyridine rings is 1. The average molecular weight is 473 g/mol. The number of hydrogen-bond acceptors (Lipinski definition) is 3. The molecule has 0 atom stereocenters. The van der Waals surface area contributed by atoms with Crippen LogP contribution in [0.5, 0.6) is 0 Å². The van der Waals surface area contributed by atoms with Gasteiger partial charge < -0.3 is 14.5 Å². The van der Waals surface area contributed by atoms with E-state index in [1.807, 2.05) is 0 Å². The third-order valence-corrected chi connectivity index (χ3v) is 6.94. The molecule has 2 aromatic rings. The van der Waals surface area contributed by atoms with Gasteiger partial charge >= 0.3 is 6.18 Å². The average Bonchev–Trinajstić information content (AvgIpc) is 3.11. The molecule has 5 nitrogen and oxygen atoms in total. The molecular weight excluding hydrogens is 445 g/mol. The highest BCUT2D eigenvalue weighted by Crippen LogP contribution is 2.40. The van der Waals surface area contributed by atoms with Crippen LogP contribution in [0.1, 0.15) is 71.5 Å². The third kappa shape index (κ3) is 5.00. The van der Waals surface area contributed by atoms with E-state index in [4.69, 9.17) is 4.74 Å². The minimum absolute atomic E-state index is 0.0139. The number of ether oxygens (including phenoxy) is 1. The molecule has 1 N–H and O–H groups in total. The standard InChI is InChI=1S/C23H28F5N3O2/c1-13-14(2)31-18(11-15-3-7-22(24,25)8-4-15)20(23(26,27)28)30-19(31)12-17(13)21(32)29-16-5-9-33-10-6-16/h12,15-16H,3-11H2,1-2H3,(H,29,32). The van der Waals surface area contributed by atoms with Crippen LogP contribution in [0.25, 0.3) is 5.65 Å². The summed E-state index contributed by atoms with van der Waals surface area (Å²) in [4.78, 5) is 16.8. The zero-order chi connectivity index (χ0) is 24.0. The Labute approximate surface area is 188 Å². The van der Waals surface area contributed by atoms with E-state index in [-0.39, 0.29) is 66.9 Å². The van der Waals surface area contributed by atoms with E-state index in [1.165, 1.54) is 10.5 Å². The molecule has 3 heterocycles. The van der Waals surface area contributed by atoms with Gasteiger partial charge in [-0.3, -0.25) is 4.79 Å². The van der Waals surface area contributed by atoms with Gasteiger partial charge in [0.1, 0.15) is 5.65 Å². The number of carbonyl (C=O) groups is 1. The summed E-state index contributed by atoms with van der Waals surface area (Å²) in [6.45, 7) is 4.46. The largest absolute Gasteiger partial charge is 0.435 e. The number of hydrogen-bond donors (Lipinski definition) is 1. The number of carbonyl (C=O) groups excluding carboxylic acids is 1. The first-order chi connectivity index (χ1) is 15.5. The van der Waals surface area contributed by atoms with Gasteiger partial charge in [-0.05, 0) is 63.5 Å². The lowest BCUT2D eigenvalue weighted by atomic mass is 9.83. The monoisotopic (exact) mass is 473 g/mol. The molecule has 2 fully saturated rings. The smallest absolute Gasteiger partial charge is 0.381 e. The molecule has 10 heteroatoms. The number of nitrogens with zero attached hydrogens (tertiary/aromatic N) is 2. The Bertz CT molecular complexity index is 1030. The van der Waals surface area contributed by atoms with E-state index in [2.05, 4.69) is 10.3 Å². The minimum atomic E-state index is -4.69. The van der Waals surface area contributed by atoms with E-state index >= 15 is 0 Å². The van der Waals surface area contributed by atoms with Gasteiger partial charge in [0, 0.05) is 43.4 Å². The number of fused-ring (bicyclic) bond motifs is 1. The Kier molecular flexibility index (Phi) is 6.41. The number of imidazole rings is 1. The molecule has 33 heavy (non-hydrogen) atoms. The number of aromatic nitrogens is 2. The van der Waals surface area contributed by atoms with Crippen LogP contribution in [0.2, 0.25) is 0 Å². The quantitative estimate of drug-likeness (QED) is 0.618. The van der Waals surface area contributed by atoms with Crippen molar-refractivity contribution in [3.05, 3.63) is 34.3 Å². The summed E-state index contributed by atoms with van der Waals surface area (Å²) in [5.41, 5.74) is 0.347. The van der Waals surface area contributed by atoms with Crippen LogP contribution in [0.15, 0.2) is 6.07 Å². The zero-order valence-corrected chi connectivity index (χ0v) is 18.7. The minimum Gasteiger partial charge on any atom is -0.381 e. The van der Waals surface area contributed by atoms with E-state index in [0.717, 1.165) is 0 Å². The molecular formula is C23H28F5N3O2. The zero-order valence-electron chi connectivity index (χ0n) is 18.7. The normalized spacial score (nSPS) is 20.3. The number of halogens is 5. The molecule has 182 valence electrons. The highest BCUT2D eigenvalue weighted by molar-refractivity contribution is 5.97. The first-order valence-corrected chi connectivity index (χ1v) is 11.3. The molecule has 1 saturated heterocycles. The maximum atomic E-state index is 13.9. The Morgan fingerprint density at radius 3 is 2.42 bits per heavy atom. The third-order valence-electron chi connectivity index (χ3n) is 6.94. The predicted octanol–water partition coefficient (Wildman–Crippen LogP) is 5.25. The van der Waals surface area contributed by atoms with E-state index in [1.54, 1.807) is 13.8 Å². The van der Waals surface area contributed by atoms with Gasteiger partial charge in [0.15, 0.2) is 5.69 Å². The second-order valence-corrected chi connectivity index (χ2v) is 9.23. The predicted molar refractivity (Wildman–Crippen MR) is 112 cm³/mol. The fraction of sp³-hybridized carbons (Fsp3) is 0.652. The van der Waals surface area contributed by atoms with Crippen molar-refractivity contribution in [2.75, 3.05) is 13.2 Å². The number of aryl methyl sites for hydroxylation is 1. The van der Waals surface area contributed by atoms with Crippen molar-refractivity contribution in [3.63, 3.8) is 0 Å². The van der Waals surface area contributed by atoms with Crippen LogP contribution in [0, 0.1) is 19.8 Å². The van der Waals surface area contributed by atoms with Crippen molar-refractivity contribution in [1.82, 2.24) is 14.7 Å². The van der Waals surface area contributed by atoms with E-state index in [9.17, 15) is 26.7 Å². The molecule has 2 aromatic heterocycles. The molecule has 0 unspecified atom stereocenters. The summed E-state index contributed by atoms with van der Waals surface area (Å²) in [6.07, 6.45) is -3.61. The van der Waals surface area contributed by atoms with Gasteiger partial charge in [0.05, 0.1) is 5.69 Å².